The summed E-state index contributed by atoms with van der Waals surface area (Å²) in [6, 6.07) is 8.37. The van der Waals surface area contributed by atoms with Crippen LogP contribution in [0.2, 0.25) is 0 Å². The Labute approximate surface area is 220 Å². The monoisotopic (exact) mass is 566 g/mol. The number of esters is 1. The number of aliphatic hydroxyl groups excluding tert-OH is 1. The second kappa shape index (κ2) is 10.1. The fourth-order valence-corrected chi connectivity index (χ4v) is 8.23. The minimum absolute atomic E-state index is 0.0247. The summed E-state index contributed by atoms with van der Waals surface area (Å²) in [5, 5.41) is 24.5. The van der Waals surface area contributed by atoms with Crippen molar-refractivity contribution in [3.63, 3.8) is 0 Å². The smallest absolute Gasteiger partial charge is 0.327 e. The van der Waals surface area contributed by atoms with Crippen molar-refractivity contribution >= 4 is 41.2 Å². The van der Waals surface area contributed by atoms with Crippen LogP contribution in [-0.4, -0.2) is 71.9 Å². The van der Waals surface area contributed by atoms with Crippen molar-refractivity contribution in [2.45, 2.75) is 50.0 Å². The van der Waals surface area contributed by atoms with Gasteiger partial charge in [-0.05, 0) is 19.4 Å². The number of nitrogens with zero attached hydrogens (tertiary/aromatic N) is 3. The van der Waals surface area contributed by atoms with Crippen LogP contribution in [0.1, 0.15) is 31.7 Å². The van der Waals surface area contributed by atoms with Crippen LogP contribution < -0.4 is 16.4 Å². The van der Waals surface area contributed by atoms with Gasteiger partial charge in [0, 0.05) is 5.75 Å². The number of nitrogens with one attached hydrogen (secondary N) is 2. The number of H-pyrrole nitrogens is 1. The normalized spacial score (nSPS) is 32.0. The summed E-state index contributed by atoms with van der Waals surface area (Å²) >= 11 is 0.937. The molecule has 0 amide bonds. The predicted molar refractivity (Wildman–Crippen MR) is 137 cm³/mol. The number of anilines is 1. The molecule has 0 aliphatic carbocycles. The van der Waals surface area contributed by atoms with Crippen molar-refractivity contribution < 1.29 is 33.6 Å². The molecule has 1 unspecified atom stereocenters. The van der Waals surface area contributed by atoms with Gasteiger partial charge in [-0.3, -0.25) is 23.7 Å². The van der Waals surface area contributed by atoms with Crippen LogP contribution in [-0.2, 0) is 23.4 Å². The third-order valence-corrected chi connectivity index (χ3v) is 10.5. The fourth-order valence-electron chi connectivity index (χ4n) is 4.35. The molecule has 2 fully saturated rings. The first-order valence-corrected chi connectivity index (χ1v) is 14.9. The molecule has 0 radical (unpaired) electrons. The van der Waals surface area contributed by atoms with Crippen LogP contribution >= 0.6 is 18.1 Å². The Morgan fingerprint density at radius 2 is 2.16 bits per heavy atom. The number of nitrogens with two attached hydrogens (primary N) is 1. The lowest BCUT2D eigenvalue weighted by molar-refractivity contribution is -0.150. The Kier molecular flexibility index (Phi) is 7.11. The number of hydrogen-bond donors (Lipinski definition) is 5. The zero-order valence-corrected chi connectivity index (χ0v) is 22.1. The van der Waals surface area contributed by atoms with Gasteiger partial charge < -0.3 is 29.9 Å². The molecule has 38 heavy (non-hydrogen) atoms. The molecule has 14 nitrogen and oxygen atoms in total. The number of imidazole rings is 1. The lowest BCUT2D eigenvalue weighted by Crippen LogP contribution is -2.44. The standard InChI is InChI=1S/C22H27N6O8PS/c1-11(12-6-4-3-5-7-12)35-19(31)13-9-38-37(33,27-13)34-8-14-16(29)22(2,32)20(36-14)28-10-24-15-17(28)25-21(23)26-18(15)30/h3-7,10-11,13-14,16,20,29,32H,8-9H2,1-2H3,(H,27,33)(H3,23,25,26,30)/t11-,13+,14+,16+,20+,22+,37?/m0/s1. The molecular formula is C22H27N6O8PS. The van der Waals surface area contributed by atoms with E-state index in [9.17, 15) is 24.4 Å². The minimum atomic E-state index is -3.55. The van der Waals surface area contributed by atoms with Gasteiger partial charge in [-0.15, -0.1) is 0 Å². The lowest BCUT2D eigenvalue weighted by atomic mass is 9.96. The molecular weight excluding hydrogens is 539 g/mol. The van der Waals surface area contributed by atoms with Crippen molar-refractivity contribution in [1.29, 1.82) is 0 Å². The predicted octanol–water partition coefficient (Wildman–Crippen LogP) is 0.845. The molecule has 4 heterocycles. The van der Waals surface area contributed by atoms with Gasteiger partial charge in [0.1, 0.15) is 30.0 Å². The third kappa shape index (κ3) is 4.98. The van der Waals surface area contributed by atoms with E-state index in [1.165, 1.54) is 17.8 Å². The van der Waals surface area contributed by atoms with Crippen molar-refractivity contribution in [3.8, 4) is 0 Å². The van der Waals surface area contributed by atoms with Crippen LogP contribution in [0.3, 0.4) is 0 Å². The van der Waals surface area contributed by atoms with E-state index in [0.29, 0.717) is 0 Å². The Balaban J connectivity index is 1.23. The average molecular weight is 567 g/mol. The molecule has 204 valence electrons. The number of aromatic nitrogens is 4. The number of benzene rings is 1. The van der Waals surface area contributed by atoms with Crippen molar-refractivity contribution in [1.82, 2.24) is 24.6 Å². The number of carbonyl (C=O) groups excluding carboxylic acids is 1. The third-order valence-electron chi connectivity index (χ3n) is 6.44. The van der Waals surface area contributed by atoms with Crippen LogP contribution in [0, 0.1) is 0 Å². The molecule has 2 aliphatic heterocycles. The summed E-state index contributed by atoms with van der Waals surface area (Å²) in [4.78, 5) is 35.1. The maximum atomic E-state index is 13.2. The number of aliphatic hydroxyl groups is 2. The minimum Gasteiger partial charge on any atom is -0.457 e. The quantitative estimate of drug-likeness (QED) is 0.199. The molecule has 0 spiro atoms. The Bertz CT molecular complexity index is 1450. The molecule has 5 rings (SSSR count). The summed E-state index contributed by atoms with van der Waals surface area (Å²) in [7, 11) is 0. The first kappa shape index (κ1) is 26.8. The van der Waals surface area contributed by atoms with E-state index in [1.54, 1.807) is 6.92 Å². The zero-order chi connectivity index (χ0) is 27.2. The number of nitrogen functional groups attached to an aromatic ring is 1. The highest BCUT2D eigenvalue weighted by molar-refractivity contribution is 8.56. The zero-order valence-electron chi connectivity index (χ0n) is 20.4. The number of carbonyl (C=O) groups is 1. The fraction of sp³-hybridized carbons (Fsp3) is 0.455. The summed E-state index contributed by atoms with van der Waals surface area (Å²) in [5.74, 6) is -0.561. The van der Waals surface area contributed by atoms with E-state index >= 15 is 0 Å². The highest BCUT2D eigenvalue weighted by Gasteiger charge is 2.54. The highest BCUT2D eigenvalue weighted by atomic mass is 32.7. The van der Waals surface area contributed by atoms with E-state index in [1.807, 2.05) is 30.3 Å². The number of ether oxygens (including phenoxy) is 2. The molecule has 16 heteroatoms. The topological polar surface area (TPSA) is 204 Å². The summed E-state index contributed by atoms with van der Waals surface area (Å²) in [6.07, 6.45) is -3.03. The van der Waals surface area contributed by atoms with Crippen LogP contribution in [0.4, 0.5) is 5.95 Å². The maximum Gasteiger partial charge on any atom is 0.327 e. The first-order chi connectivity index (χ1) is 18.0. The summed E-state index contributed by atoms with van der Waals surface area (Å²) in [6.45, 7) is -0.825. The van der Waals surface area contributed by atoms with Crippen LogP contribution in [0.5, 0.6) is 0 Å². The van der Waals surface area contributed by atoms with Gasteiger partial charge >= 0.3 is 12.7 Å². The van der Waals surface area contributed by atoms with E-state index in [0.717, 1.165) is 16.9 Å². The molecule has 2 saturated heterocycles. The Hall–Kier alpha value is -2.78. The second-order valence-corrected chi connectivity index (χ2v) is 13.6. The Morgan fingerprint density at radius 1 is 1.42 bits per heavy atom. The lowest BCUT2D eigenvalue weighted by Gasteiger charge is -2.27. The SMILES string of the molecule is C[C@H](OC(=O)[C@H]1CSP(=O)(OC[C@H]2O[C@@H](n3cnc4c(=O)[nH]c(N)nc43)[C@](C)(O)[C@@H]2O)N1)c1ccccc1. The van der Waals surface area contributed by atoms with Crippen molar-refractivity contribution in [3.05, 3.63) is 52.6 Å². The van der Waals surface area contributed by atoms with Gasteiger partial charge in [0.2, 0.25) is 5.95 Å². The maximum absolute atomic E-state index is 13.2. The highest BCUT2D eigenvalue weighted by Crippen LogP contribution is 2.61. The number of aromatic amines is 1. The molecule has 0 saturated carbocycles. The van der Waals surface area contributed by atoms with Gasteiger partial charge in [0.25, 0.3) is 5.56 Å². The molecule has 2 aliphatic rings. The molecule has 3 aromatic rings. The molecule has 7 atom stereocenters. The van der Waals surface area contributed by atoms with Gasteiger partial charge in [-0.1, -0.05) is 41.7 Å². The number of fused-ring (bicyclic) bond motifs is 1. The number of rotatable bonds is 7. The number of hydrogen-bond acceptors (Lipinski definition) is 12. The molecule has 1 aromatic carbocycles. The summed E-state index contributed by atoms with van der Waals surface area (Å²) < 4.78 is 31.5. The molecule has 6 N–H and O–H groups in total. The van der Waals surface area contributed by atoms with E-state index in [4.69, 9.17) is 19.7 Å². The largest absolute Gasteiger partial charge is 0.457 e. The van der Waals surface area contributed by atoms with Crippen LogP contribution in [0.15, 0.2) is 41.5 Å². The second-order valence-electron chi connectivity index (χ2n) is 9.23. The van der Waals surface area contributed by atoms with Crippen molar-refractivity contribution in [2.75, 3.05) is 18.1 Å². The van der Waals surface area contributed by atoms with Crippen LogP contribution in [0.25, 0.3) is 11.2 Å². The molecule has 2 aromatic heterocycles. The average Bonchev–Trinajstić information content (AvgIpc) is 3.54. The van der Waals surface area contributed by atoms with Gasteiger partial charge in [0.15, 0.2) is 17.4 Å². The first-order valence-electron chi connectivity index (χ1n) is 11.7. The van der Waals surface area contributed by atoms with Gasteiger partial charge in [-0.25, -0.2) is 10.1 Å². The van der Waals surface area contributed by atoms with Gasteiger partial charge in [0.05, 0.1) is 12.9 Å². The van der Waals surface area contributed by atoms with Crippen molar-refractivity contribution in [2.24, 2.45) is 0 Å². The van der Waals surface area contributed by atoms with E-state index in [2.05, 4.69) is 20.0 Å². The Morgan fingerprint density at radius 3 is 2.89 bits per heavy atom. The summed E-state index contributed by atoms with van der Waals surface area (Å²) in [5.41, 5.74) is 4.07. The van der Waals surface area contributed by atoms with E-state index < -0.39 is 54.4 Å². The van der Waals surface area contributed by atoms with E-state index in [-0.39, 0.29) is 29.5 Å². The molecule has 0 bridgehead atoms. The van der Waals surface area contributed by atoms with Gasteiger partial charge in [-0.2, -0.15) is 4.98 Å².